The van der Waals surface area contributed by atoms with Gasteiger partial charge < -0.3 is 5.32 Å². The average Bonchev–Trinajstić information content (AvgIpc) is 2.57. The number of hydrogen-bond acceptors (Lipinski definition) is 3. The standard InChI is InChI=1S/C19H28N2O3S/c1-15-8-10-18(11-9-15)21-25(23,24)14-16(2)19(22)20-13-12-17-6-4-3-5-7-17/h6,8-11,16,21H,3-5,7,12-14H2,1-2H3,(H,20,22). The lowest BCUT2D eigenvalue weighted by molar-refractivity contribution is -0.123. The van der Waals surface area contributed by atoms with Gasteiger partial charge in [-0.15, -0.1) is 0 Å². The lowest BCUT2D eigenvalue weighted by atomic mass is 9.97. The largest absolute Gasteiger partial charge is 0.356 e. The molecular formula is C19H28N2O3S. The molecule has 25 heavy (non-hydrogen) atoms. The molecule has 0 spiro atoms. The number of benzene rings is 1. The summed E-state index contributed by atoms with van der Waals surface area (Å²) in [4.78, 5) is 12.1. The Kier molecular flexibility index (Phi) is 7.05. The van der Waals surface area contributed by atoms with E-state index in [0.29, 0.717) is 12.2 Å². The molecule has 1 amide bonds. The highest BCUT2D eigenvalue weighted by Crippen LogP contribution is 2.19. The van der Waals surface area contributed by atoms with Crippen molar-refractivity contribution in [3.63, 3.8) is 0 Å². The topological polar surface area (TPSA) is 75.3 Å². The number of nitrogens with one attached hydrogen (secondary N) is 2. The van der Waals surface area contributed by atoms with E-state index in [1.807, 2.05) is 19.1 Å². The first-order valence-corrected chi connectivity index (χ1v) is 10.5. The molecule has 0 bridgehead atoms. The SMILES string of the molecule is Cc1ccc(NS(=O)(=O)CC(C)C(=O)NCCC2=CCCCC2)cc1. The maximum absolute atomic E-state index is 12.2. The molecule has 0 aliphatic heterocycles. The number of allylic oxidation sites excluding steroid dienone is 1. The summed E-state index contributed by atoms with van der Waals surface area (Å²) in [6, 6.07) is 7.12. The Labute approximate surface area is 151 Å². The summed E-state index contributed by atoms with van der Waals surface area (Å²) < 4.78 is 27.0. The van der Waals surface area contributed by atoms with Gasteiger partial charge in [-0.25, -0.2) is 8.42 Å². The number of rotatable bonds is 8. The zero-order valence-corrected chi connectivity index (χ0v) is 15.9. The monoisotopic (exact) mass is 364 g/mol. The minimum Gasteiger partial charge on any atom is -0.356 e. The molecule has 0 aromatic heterocycles. The van der Waals surface area contributed by atoms with Crippen LogP contribution in [-0.4, -0.2) is 26.6 Å². The predicted molar refractivity (Wildman–Crippen MR) is 102 cm³/mol. The van der Waals surface area contributed by atoms with Gasteiger partial charge in [0.25, 0.3) is 0 Å². The molecule has 6 heteroatoms. The molecule has 0 fully saturated rings. The van der Waals surface area contributed by atoms with Gasteiger partial charge in [-0.1, -0.05) is 36.3 Å². The summed E-state index contributed by atoms with van der Waals surface area (Å²) >= 11 is 0. The molecule has 0 heterocycles. The van der Waals surface area contributed by atoms with Gasteiger partial charge in [-0.05, 0) is 51.2 Å². The Bertz CT molecular complexity index is 709. The molecule has 1 aliphatic carbocycles. The summed E-state index contributed by atoms with van der Waals surface area (Å²) in [5, 5.41) is 2.85. The van der Waals surface area contributed by atoms with Crippen molar-refractivity contribution >= 4 is 21.6 Å². The normalized spacial score (nSPS) is 16.0. The lowest BCUT2D eigenvalue weighted by Gasteiger charge is -2.16. The van der Waals surface area contributed by atoms with E-state index in [9.17, 15) is 13.2 Å². The second-order valence-corrected chi connectivity index (χ2v) is 8.57. The van der Waals surface area contributed by atoms with E-state index in [4.69, 9.17) is 0 Å². The fourth-order valence-electron chi connectivity index (χ4n) is 2.90. The van der Waals surface area contributed by atoms with Crippen molar-refractivity contribution in [3.05, 3.63) is 41.5 Å². The van der Waals surface area contributed by atoms with Crippen LogP contribution < -0.4 is 10.0 Å². The van der Waals surface area contributed by atoms with E-state index in [0.717, 1.165) is 24.8 Å². The van der Waals surface area contributed by atoms with Gasteiger partial charge in [0.1, 0.15) is 0 Å². The van der Waals surface area contributed by atoms with Gasteiger partial charge in [0.05, 0.1) is 11.7 Å². The third-order valence-corrected chi connectivity index (χ3v) is 5.86. The van der Waals surface area contributed by atoms with Crippen LogP contribution in [0, 0.1) is 12.8 Å². The quantitative estimate of drug-likeness (QED) is 0.694. The Balaban J connectivity index is 1.78. The predicted octanol–water partition coefficient (Wildman–Crippen LogP) is 3.38. The summed E-state index contributed by atoms with van der Waals surface area (Å²) in [6.45, 7) is 4.15. The minimum absolute atomic E-state index is 0.217. The first-order valence-electron chi connectivity index (χ1n) is 8.88. The summed E-state index contributed by atoms with van der Waals surface area (Å²) in [7, 11) is -3.56. The number of carbonyl (C=O) groups excluding carboxylic acids is 1. The summed E-state index contributed by atoms with van der Waals surface area (Å²) in [5.41, 5.74) is 2.97. The third kappa shape index (κ3) is 6.90. The van der Waals surface area contributed by atoms with E-state index >= 15 is 0 Å². The van der Waals surface area contributed by atoms with Crippen LogP contribution in [0.1, 0.15) is 44.6 Å². The Morgan fingerprint density at radius 3 is 2.56 bits per heavy atom. The van der Waals surface area contributed by atoms with E-state index in [2.05, 4.69) is 16.1 Å². The van der Waals surface area contributed by atoms with E-state index in [-0.39, 0.29) is 11.7 Å². The Morgan fingerprint density at radius 1 is 1.20 bits per heavy atom. The fourth-order valence-corrected chi connectivity index (χ4v) is 4.29. The molecule has 2 rings (SSSR count). The van der Waals surface area contributed by atoms with Gasteiger partial charge in [0.15, 0.2) is 0 Å². The molecule has 0 radical (unpaired) electrons. The second kappa shape index (κ2) is 9.04. The van der Waals surface area contributed by atoms with Crippen molar-refractivity contribution < 1.29 is 13.2 Å². The van der Waals surface area contributed by atoms with Crippen LogP contribution in [0.5, 0.6) is 0 Å². The molecule has 1 atom stereocenters. The van der Waals surface area contributed by atoms with Gasteiger partial charge in [-0.2, -0.15) is 0 Å². The van der Waals surface area contributed by atoms with Gasteiger partial charge >= 0.3 is 0 Å². The van der Waals surface area contributed by atoms with Crippen LogP contribution in [0.25, 0.3) is 0 Å². The maximum atomic E-state index is 12.2. The highest BCUT2D eigenvalue weighted by atomic mass is 32.2. The van der Waals surface area contributed by atoms with E-state index in [1.54, 1.807) is 19.1 Å². The summed E-state index contributed by atoms with van der Waals surface area (Å²) in [5.74, 6) is -1.04. The molecular weight excluding hydrogens is 336 g/mol. The average molecular weight is 365 g/mol. The zero-order chi connectivity index (χ0) is 18.3. The Morgan fingerprint density at radius 2 is 1.92 bits per heavy atom. The number of carbonyl (C=O) groups is 1. The van der Waals surface area contributed by atoms with Crippen molar-refractivity contribution in [1.82, 2.24) is 5.32 Å². The molecule has 0 saturated heterocycles. The van der Waals surface area contributed by atoms with Crippen LogP contribution in [0.4, 0.5) is 5.69 Å². The number of amides is 1. The first-order chi connectivity index (χ1) is 11.9. The first kappa shape index (κ1) is 19.5. The van der Waals surface area contributed by atoms with Crippen LogP contribution >= 0.6 is 0 Å². The maximum Gasteiger partial charge on any atom is 0.233 e. The Hall–Kier alpha value is -1.82. The van der Waals surface area contributed by atoms with Crippen LogP contribution in [0.15, 0.2) is 35.9 Å². The number of anilines is 1. The lowest BCUT2D eigenvalue weighted by Crippen LogP contribution is -2.35. The van der Waals surface area contributed by atoms with Crippen LogP contribution in [0.3, 0.4) is 0 Å². The van der Waals surface area contributed by atoms with Crippen molar-refractivity contribution in [3.8, 4) is 0 Å². The third-order valence-electron chi connectivity index (χ3n) is 4.37. The highest BCUT2D eigenvalue weighted by molar-refractivity contribution is 7.92. The van der Waals surface area contributed by atoms with Gasteiger partial charge in [0, 0.05) is 12.2 Å². The van der Waals surface area contributed by atoms with Crippen LogP contribution in [0.2, 0.25) is 0 Å². The second-order valence-electron chi connectivity index (χ2n) is 6.80. The minimum atomic E-state index is -3.56. The van der Waals surface area contributed by atoms with Gasteiger partial charge in [0.2, 0.25) is 15.9 Å². The van der Waals surface area contributed by atoms with Crippen molar-refractivity contribution in [1.29, 1.82) is 0 Å². The molecule has 1 aliphatic rings. The molecule has 5 nitrogen and oxygen atoms in total. The molecule has 1 aromatic carbocycles. The highest BCUT2D eigenvalue weighted by Gasteiger charge is 2.21. The number of hydrogen-bond donors (Lipinski definition) is 2. The molecule has 1 aromatic rings. The summed E-state index contributed by atoms with van der Waals surface area (Å²) in [6.07, 6.45) is 7.82. The molecule has 1 unspecified atom stereocenters. The zero-order valence-electron chi connectivity index (χ0n) is 15.0. The van der Waals surface area contributed by atoms with Crippen molar-refractivity contribution in [2.45, 2.75) is 46.0 Å². The van der Waals surface area contributed by atoms with E-state index < -0.39 is 15.9 Å². The van der Waals surface area contributed by atoms with Gasteiger partial charge in [-0.3, -0.25) is 9.52 Å². The molecule has 2 N–H and O–H groups in total. The molecule has 0 saturated carbocycles. The number of sulfonamides is 1. The van der Waals surface area contributed by atoms with E-state index in [1.165, 1.54) is 18.4 Å². The van der Waals surface area contributed by atoms with Crippen LogP contribution in [-0.2, 0) is 14.8 Å². The smallest absolute Gasteiger partial charge is 0.233 e. The van der Waals surface area contributed by atoms with Crippen molar-refractivity contribution in [2.24, 2.45) is 5.92 Å². The van der Waals surface area contributed by atoms with Crippen molar-refractivity contribution in [2.75, 3.05) is 17.0 Å². The molecule has 138 valence electrons. The number of aryl methyl sites for hydroxylation is 1. The fraction of sp³-hybridized carbons (Fsp3) is 0.526.